The summed E-state index contributed by atoms with van der Waals surface area (Å²) < 4.78 is 30.5. The van der Waals surface area contributed by atoms with E-state index in [0.29, 0.717) is 35.2 Å². The largest absolute Gasteiger partial charge is 0.493 e. The van der Waals surface area contributed by atoms with Crippen LogP contribution >= 0.6 is 0 Å². The minimum Gasteiger partial charge on any atom is -0.493 e. The summed E-state index contributed by atoms with van der Waals surface area (Å²) in [5.41, 5.74) is 1.37. The Labute approximate surface area is 148 Å². The van der Waals surface area contributed by atoms with Crippen molar-refractivity contribution < 1.29 is 17.9 Å². The number of ether oxygens (including phenoxy) is 1. The van der Waals surface area contributed by atoms with Gasteiger partial charge in [0.1, 0.15) is 5.75 Å². The Balaban J connectivity index is 2.03. The van der Waals surface area contributed by atoms with Crippen molar-refractivity contribution in [2.75, 3.05) is 22.9 Å². The van der Waals surface area contributed by atoms with E-state index >= 15 is 0 Å². The van der Waals surface area contributed by atoms with Crippen LogP contribution in [0.25, 0.3) is 0 Å². The van der Waals surface area contributed by atoms with Crippen molar-refractivity contribution in [2.45, 2.75) is 13.8 Å². The molecule has 134 valence electrons. The van der Waals surface area contributed by atoms with Gasteiger partial charge in [-0.1, -0.05) is 19.9 Å². The van der Waals surface area contributed by atoms with E-state index < -0.39 is 10.0 Å². The molecule has 0 saturated heterocycles. The fourth-order valence-electron chi connectivity index (χ4n) is 2.04. The molecular formula is C18H22N2O4S. The van der Waals surface area contributed by atoms with Gasteiger partial charge in [0, 0.05) is 11.3 Å². The van der Waals surface area contributed by atoms with Crippen LogP contribution in [0.15, 0.2) is 48.5 Å². The fraction of sp³-hybridized carbons (Fsp3) is 0.278. The predicted octanol–water partition coefficient (Wildman–Crippen LogP) is 3.35. The second-order valence-electron chi connectivity index (χ2n) is 6.14. The van der Waals surface area contributed by atoms with E-state index in [2.05, 4.69) is 23.9 Å². The Morgan fingerprint density at radius 3 is 2.32 bits per heavy atom. The summed E-state index contributed by atoms with van der Waals surface area (Å²) in [6.07, 6.45) is 1.07. The SMILES string of the molecule is CC(C)COc1ccc(C(=O)Nc2cccc(NS(C)(=O)=O)c2)cc1. The van der Waals surface area contributed by atoms with E-state index in [4.69, 9.17) is 4.74 Å². The van der Waals surface area contributed by atoms with Crippen molar-refractivity contribution in [1.29, 1.82) is 0 Å². The molecule has 0 bridgehead atoms. The molecule has 0 unspecified atom stereocenters. The van der Waals surface area contributed by atoms with Crippen LogP contribution < -0.4 is 14.8 Å². The van der Waals surface area contributed by atoms with Gasteiger partial charge in [0.15, 0.2) is 0 Å². The molecule has 0 spiro atoms. The second kappa shape index (κ2) is 8.02. The second-order valence-corrected chi connectivity index (χ2v) is 7.89. The molecule has 0 aliphatic rings. The molecule has 0 saturated carbocycles. The van der Waals surface area contributed by atoms with Crippen LogP contribution in [0.5, 0.6) is 5.75 Å². The van der Waals surface area contributed by atoms with Crippen LogP contribution in [-0.2, 0) is 10.0 Å². The third kappa shape index (κ3) is 6.46. The predicted molar refractivity (Wildman–Crippen MR) is 99.6 cm³/mol. The Morgan fingerprint density at radius 1 is 1.08 bits per heavy atom. The van der Waals surface area contributed by atoms with Crippen LogP contribution in [0.1, 0.15) is 24.2 Å². The zero-order valence-electron chi connectivity index (χ0n) is 14.4. The molecule has 2 aromatic carbocycles. The van der Waals surface area contributed by atoms with E-state index in [-0.39, 0.29) is 5.91 Å². The van der Waals surface area contributed by atoms with Crippen LogP contribution in [0, 0.1) is 5.92 Å². The summed E-state index contributed by atoms with van der Waals surface area (Å²) in [7, 11) is -3.37. The van der Waals surface area contributed by atoms with Gasteiger partial charge in [0.05, 0.1) is 18.6 Å². The number of benzene rings is 2. The standard InChI is InChI=1S/C18H22N2O4S/c1-13(2)12-24-17-9-7-14(8-10-17)18(21)19-15-5-4-6-16(11-15)20-25(3,22)23/h4-11,13,20H,12H2,1-3H3,(H,19,21). The first-order chi connectivity index (χ1) is 11.7. The molecule has 0 aromatic heterocycles. The third-order valence-corrected chi connectivity index (χ3v) is 3.73. The molecule has 25 heavy (non-hydrogen) atoms. The number of hydrogen-bond donors (Lipinski definition) is 2. The molecule has 6 nitrogen and oxygen atoms in total. The Morgan fingerprint density at radius 2 is 1.72 bits per heavy atom. The van der Waals surface area contributed by atoms with Gasteiger partial charge in [0.2, 0.25) is 10.0 Å². The Hall–Kier alpha value is -2.54. The monoisotopic (exact) mass is 362 g/mol. The van der Waals surface area contributed by atoms with Crippen molar-refractivity contribution in [2.24, 2.45) is 5.92 Å². The summed E-state index contributed by atoms with van der Waals surface area (Å²) in [6.45, 7) is 4.74. The van der Waals surface area contributed by atoms with Gasteiger partial charge < -0.3 is 10.1 Å². The number of amides is 1. The van der Waals surface area contributed by atoms with E-state index in [9.17, 15) is 13.2 Å². The topological polar surface area (TPSA) is 84.5 Å². The number of rotatable bonds is 7. The summed E-state index contributed by atoms with van der Waals surface area (Å²) in [5, 5.41) is 2.74. The zero-order valence-corrected chi connectivity index (χ0v) is 15.3. The van der Waals surface area contributed by atoms with Gasteiger partial charge in [0.25, 0.3) is 5.91 Å². The van der Waals surface area contributed by atoms with Crippen LogP contribution in [0.3, 0.4) is 0 Å². The van der Waals surface area contributed by atoms with Crippen molar-refractivity contribution in [3.8, 4) is 5.75 Å². The summed E-state index contributed by atoms with van der Waals surface area (Å²) >= 11 is 0. The maximum atomic E-state index is 12.3. The highest BCUT2D eigenvalue weighted by atomic mass is 32.2. The lowest BCUT2D eigenvalue weighted by Crippen LogP contribution is -2.13. The van der Waals surface area contributed by atoms with E-state index in [1.807, 2.05) is 0 Å². The first-order valence-corrected chi connectivity index (χ1v) is 9.74. The molecule has 0 aliphatic carbocycles. The first kappa shape index (κ1) is 18.8. The number of carbonyl (C=O) groups is 1. The van der Waals surface area contributed by atoms with E-state index in [1.165, 1.54) is 0 Å². The van der Waals surface area contributed by atoms with Gasteiger partial charge in [-0.05, 0) is 48.4 Å². The van der Waals surface area contributed by atoms with Gasteiger partial charge in [-0.2, -0.15) is 0 Å². The molecule has 7 heteroatoms. The molecule has 0 fully saturated rings. The molecule has 0 atom stereocenters. The van der Waals surface area contributed by atoms with Crippen molar-refractivity contribution in [1.82, 2.24) is 0 Å². The molecule has 2 N–H and O–H groups in total. The number of nitrogens with one attached hydrogen (secondary N) is 2. The van der Waals surface area contributed by atoms with Crippen LogP contribution in [0.2, 0.25) is 0 Å². The summed E-state index contributed by atoms with van der Waals surface area (Å²) in [4.78, 5) is 12.3. The highest BCUT2D eigenvalue weighted by Gasteiger charge is 2.08. The van der Waals surface area contributed by atoms with Crippen LogP contribution in [0.4, 0.5) is 11.4 Å². The normalized spacial score (nSPS) is 11.2. The van der Waals surface area contributed by atoms with Gasteiger partial charge in [-0.15, -0.1) is 0 Å². The van der Waals surface area contributed by atoms with Gasteiger partial charge >= 0.3 is 0 Å². The minimum atomic E-state index is -3.37. The molecule has 0 heterocycles. The molecule has 0 radical (unpaired) electrons. The lowest BCUT2D eigenvalue weighted by atomic mass is 10.2. The molecular weight excluding hydrogens is 340 g/mol. The van der Waals surface area contributed by atoms with Crippen molar-refractivity contribution >= 4 is 27.3 Å². The number of carbonyl (C=O) groups excluding carboxylic acids is 1. The maximum Gasteiger partial charge on any atom is 0.255 e. The molecule has 0 aliphatic heterocycles. The fourth-order valence-corrected chi connectivity index (χ4v) is 2.60. The minimum absolute atomic E-state index is 0.285. The smallest absolute Gasteiger partial charge is 0.255 e. The van der Waals surface area contributed by atoms with Gasteiger partial charge in [-0.25, -0.2) is 8.42 Å². The average molecular weight is 362 g/mol. The van der Waals surface area contributed by atoms with Gasteiger partial charge in [-0.3, -0.25) is 9.52 Å². The summed E-state index contributed by atoms with van der Waals surface area (Å²) in [6, 6.07) is 13.4. The lowest BCUT2D eigenvalue weighted by molar-refractivity contribution is 0.102. The highest BCUT2D eigenvalue weighted by molar-refractivity contribution is 7.92. The third-order valence-electron chi connectivity index (χ3n) is 3.12. The van der Waals surface area contributed by atoms with Crippen molar-refractivity contribution in [3.05, 3.63) is 54.1 Å². The number of anilines is 2. The Kier molecular flexibility index (Phi) is 6.03. The summed E-state index contributed by atoms with van der Waals surface area (Å²) in [5.74, 6) is 0.854. The molecule has 2 rings (SSSR count). The highest BCUT2D eigenvalue weighted by Crippen LogP contribution is 2.18. The molecule has 2 aromatic rings. The Bertz CT molecular complexity index is 830. The van der Waals surface area contributed by atoms with Crippen molar-refractivity contribution in [3.63, 3.8) is 0 Å². The number of hydrogen-bond acceptors (Lipinski definition) is 4. The van der Waals surface area contributed by atoms with Crippen LogP contribution in [-0.4, -0.2) is 27.2 Å². The van der Waals surface area contributed by atoms with E-state index in [1.54, 1.807) is 48.5 Å². The maximum absolute atomic E-state index is 12.3. The molecule has 1 amide bonds. The van der Waals surface area contributed by atoms with E-state index in [0.717, 1.165) is 6.26 Å². The zero-order chi connectivity index (χ0) is 18.4. The lowest BCUT2D eigenvalue weighted by Gasteiger charge is -2.10. The first-order valence-electron chi connectivity index (χ1n) is 7.85. The number of sulfonamides is 1. The quantitative estimate of drug-likeness (QED) is 0.791. The average Bonchev–Trinajstić information content (AvgIpc) is 2.52.